The Balaban J connectivity index is 1.51. The van der Waals surface area contributed by atoms with Crippen LogP contribution < -0.4 is 14.2 Å². The fourth-order valence-electron chi connectivity index (χ4n) is 2.41. The molecule has 2 aromatic rings. The molecule has 1 heterocycles. The first kappa shape index (κ1) is 20.0. The molecular weight excluding hydrogens is 402 g/mol. The normalized spacial score (nSPS) is 15.5. The number of benzene rings is 2. The Bertz CT molecular complexity index is 1010. The molecule has 1 aliphatic heterocycles. The maximum absolute atomic E-state index is 11.5. The highest BCUT2D eigenvalue weighted by atomic mass is 32.2. The van der Waals surface area contributed by atoms with Crippen molar-refractivity contribution >= 4 is 39.1 Å². The van der Waals surface area contributed by atoms with Crippen molar-refractivity contribution in [3.8, 4) is 11.5 Å². The van der Waals surface area contributed by atoms with Gasteiger partial charge in [0.05, 0.1) is 17.8 Å². The van der Waals surface area contributed by atoms with Crippen LogP contribution in [0, 0.1) is 0 Å². The minimum Gasteiger partial charge on any atom is -0.493 e. The molecule has 7 nitrogen and oxygen atoms in total. The van der Waals surface area contributed by atoms with Crippen molar-refractivity contribution in [1.29, 1.82) is 0 Å². The van der Waals surface area contributed by atoms with Gasteiger partial charge in [-0.05, 0) is 53.2 Å². The molecule has 0 spiro atoms. The summed E-state index contributed by atoms with van der Waals surface area (Å²) >= 11 is 0.876. The maximum Gasteiger partial charge on any atom is 0.306 e. The summed E-state index contributed by atoms with van der Waals surface area (Å²) in [7, 11) is -3.53. The zero-order valence-electron chi connectivity index (χ0n) is 14.9. The third-order valence-electron chi connectivity index (χ3n) is 3.65. The van der Waals surface area contributed by atoms with E-state index in [1.807, 2.05) is 0 Å². The van der Waals surface area contributed by atoms with Crippen LogP contribution in [0.4, 0.5) is 4.79 Å². The predicted octanol–water partition coefficient (Wildman–Crippen LogP) is 2.97. The first-order chi connectivity index (χ1) is 13.3. The molecule has 0 radical (unpaired) electrons. The number of nitrogens with one attached hydrogen (secondary N) is 1. The summed E-state index contributed by atoms with van der Waals surface area (Å²) in [5, 5.41) is 1.84. The molecule has 0 bridgehead atoms. The maximum atomic E-state index is 11.5. The number of carbonyl (C=O) groups excluding carboxylic acids is 2. The molecule has 0 atom stereocenters. The lowest BCUT2D eigenvalue weighted by atomic mass is 10.1. The molecule has 0 aliphatic carbocycles. The Morgan fingerprint density at radius 3 is 2.21 bits per heavy atom. The first-order valence-electron chi connectivity index (χ1n) is 8.25. The van der Waals surface area contributed by atoms with Crippen LogP contribution in [-0.2, 0) is 21.3 Å². The van der Waals surface area contributed by atoms with Crippen LogP contribution in [0.25, 0.3) is 6.08 Å². The predicted molar refractivity (Wildman–Crippen MR) is 107 cm³/mol. The Morgan fingerprint density at radius 2 is 1.64 bits per heavy atom. The summed E-state index contributed by atoms with van der Waals surface area (Å²) in [6, 6.07) is 13.9. The second-order valence-corrected chi connectivity index (χ2v) is 8.54. The van der Waals surface area contributed by atoms with Gasteiger partial charge in [-0.3, -0.25) is 14.9 Å². The van der Waals surface area contributed by atoms with Gasteiger partial charge < -0.3 is 8.92 Å². The number of amides is 2. The van der Waals surface area contributed by atoms with E-state index in [1.165, 1.54) is 0 Å². The highest BCUT2D eigenvalue weighted by molar-refractivity contribution is 8.18. The van der Waals surface area contributed by atoms with Gasteiger partial charge in [-0.15, -0.1) is 0 Å². The largest absolute Gasteiger partial charge is 0.493 e. The molecule has 0 aromatic heterocycles. The van der Waals surface area contributed by atoms with Gasteiger partial charge in [-0.25, -0.2) is 0 Å². The number of carbonyl (C=O) groups is 2. The molecule has 1 N–H and O–H groups in total. The zero-order chi connectivity index (χ0) is 20.1. The minimum atomic E-state index is -3.53. The second-order valence-electron chi connectivity index (χ2n) is 5.95. The van der Waals surface area contributed by atoms with E-state index in [2.05, 4.69) is 5.32 Å². The highest BCUT2D eigenvalue weighted by Crippen LogP contribution is 2.26. The average Bonchev–Trinajstić information content (AvgIpc) is 2.94. The molecular formula is C19H17NO6S2. The molecule has 28 heavy (non-hydrogen) atoms. The lowest BCUT2D eigenvalue weighted by Crippen LogP contribution is -2.17. The standard InChI is InChI=1S/C19H17NO6S2/c1-28(23,24)26-16-8-2-13(3-9-16)10-11-25-15-6-4-14(5-7-15)12-17-18(21)20-19(22)27-17/h2-9,12H,10-11H2,1H3,(H,20,21,22). The lowest BCUT2D eigenvalue weighted by molar-refractivity contribution is -0.115. The first-order valence-corrected chi connectivity index (χ1v) is 10.9. The van der Waals surface area contributed by atoms with E-state index in [4.69, 9.17) is 8.92 Å². The quantitative estimate of drug-likeness (QED) is 0.544. The van der Waals surface area contributed by atoms with Gasteiger partial charge in [0.2, 0.25) is 0 Å². The van der Waals surface area contributed by atoms with Crippen molar-refractivity contribution in [2.24, 2.45) is 0 Å². The van der Waals surface area contributed by atoms with Gasteiger partial charge >= 0.3 is 10.1 Å². The summed E-state index contributed by atoms with van der Waals surface area (Å²) in [5.74, 6) is 0.565. The van der Waals surface area contributed by atoms with Gasteiger partial charge in [-0.2, -0.15) is 8.42 Å². The molecule has 1 saturated heterocycles. The van der Waals surface area contributed by atoms with Crippen LogP contribution in [0.5, 0.6) is 11.5 Å². The fraction of sp³-hybridized carbons (Fsp3) is 0.158. The van der Waals surface area contributed by atoms with Crippen molar-refractivity contribution in [3.05, 3.63) is 64.6 Å². The van der Waals surface area contributed by atoms with E-state index in [9.17, 15) is 18.0 Å². The van der Waals surface area contributed by atoms with Crippen LogP contribution in [-0.4, -0.2) is 32.4 Å². The number of imide groups is 1. The Morgan fingerprint density at radius 1 is 1.00 bits per heavy atom. The van der Waals surface area contributed by atoms with E-state index in [0.717, 1.165) is 29.1 Å². The zero-order valence-corrected chi connectivity index (χ0v) is 16.5. The number of rotatable bonds is 7. The minimum absolute atomic E-state index is 0.271. The molecule has 1 aliphatic rings. The van der Waals surface area contributed by atoms with Crippen molar-refractivity contribution < 1.29 is 26.9 Å². The van der Waals surface area contributed by atoms with E-state index in [-0.39, 0.29) is 16.9 Å². The summed E-state index contributed by atoms with van der Waals surface area (Å²) in [4.78, 5) is 23.1. The Labute approximate surface area is 166 Å². The Hall–Kier alpha value is -2.78. The van der Waals surface area contributed by atoms with Gasteiger partial charge in [0.25, 0.3) is 11.1 Å². The van der Waals surface area contributed by atoms with E-state index in [1.54, 1.807) is 54.6 Å². The molecule has 2 aromatic carbocycles. The highest BCUT2D eigenvalue weighted by Gasteiger charge is 2.24. The number of ether oxygens (including phenoxy) is 1. The summed E-state index contributed by atoms with van der Waals surface area (Å²) in [6.07, 6.45) is 3.29. The second kappa shape index (κ2) is 8.49. The van der Waals surface area contributed by atoms with Crippen LogP contribution in [0.15, 0.2) is 53.4 Å². The molecule has 0 unspecified atom stereocenters. The Kier molecular flexibility index (Phi) is 6.05. The fourth-order valence-corrected chi connectivity index (χ4v) is 3.55. The number of hydrogen-bond donors (Lipinski definition) is 1. The SMILES string of the molecule is CS(=O)(=O)Oc1ccc(CCOc2ccc(C=C3SC(=O)NC3=O)cc2)cc1. The van der Waals surface area contributed by atoms with E-state index in [0.29, 0.717) is 23.7 Å². The van der Waals surface area contributed by atoms with Gasteiger partial charge in [0, 0.05) is 6.42 Å². The van der Waals surface area contributed by atoms with E-state index < -0.39 is 10.1 Å². The third kappa shape index (κ3) is 5.86. The van der Waals surface area contributed by atoms with E-state index >= 15 is 0 Å². The van der Waals surface area contributed by atoms with Crippen molar-refractivity contribution in [2.45, 2.75) is 6.42 Å². The smallest absolute Gasteiger partial charge is 0.306 e. The number of thioether (sulfide) groups is 1. The number of hydrogen-bond acceptors (Lipinski definition) is 7. The molecule has 0 saturated carbocycles. The molecule has 2 amide bonds. The van der Waals surface area contributed by atoms with Crippen LogP contribution in [0.3, 0.4) is 0 Å². The molecule has 3 rings (SSSR count). The topological polar surface area (TPSA) is 98.8 Å². The molecule has 146 valence electrons. The van der Waals surface area contributed by atoms with Crippen LogP contribution >= 0.6 is 11.8 Å². The third-order valence-corrected chi connectivity index (χ3v) is 4.96. The average molecular weight is 419 g/mol. The van der Waals surface area contributed by atoms with Crippen LogP contribution in [0.1, 0.15) is 11.1 Å². The van der Waals surface area contributed by atoms with Crippen LogP contribution in [0.2, 0.25) is 0 Å². The van der Waals surface area contributed by atoms with Crippen molar-refractivity contribution in [1.82, 2.24) is 5.32 Å². The summed E-state index contributed by atoms with van der Waals surface area (Å²) < 4.78 is 32.7. The van der Waals surface area contributed by atoms with Crippen molar-refractivity contribution in [2.75, 3.05) is 12.9 Å². The van der Waals surface area contributed by atoms with Gasteiger partial charge in [0.15, 0.2) is 0 Å². The monoisotopic (exact) mass is 419 g/mol. The van der Waals surface area contributed by atoms with Gasteiger partial charge in [-0.1, -0.05) is 24.3 Å². The molecule has 1 fully saturated rings. The molecule has 9 heteroatoms. The lowest BCUT2D eigenvalue weighted by Gasteiger charge is -2.08. The van der Waals surface area contributed by atoms with Crippen molar-refractivity contribution in [3.63, 3.8) is 0 Å². The summed E-state index contributed by atoms with van der Waals surface area (Å²) in [6.45, 7) is 0.444. The van der Waals surface area contributed by atoms with Gasteiger partial charge in [0.1, 0.15) is 11.5 Å². The summed E-state index contributed by atoms with van der Waals surface area (Å²) in [5.41, 5.74) is 1.78.